The first-order valence-electron chi connectivity index (χ1n) is 6.42. The Morgan fingerprint density at radius 3 is 3.11 bits per heavy atom. The second-order valence-electron chi connectivity index (χ2n) is 4.64. The van der Waals surface area contributed by atoms with Crippen LogP contribution in [-0.2, 0) is 18.6 Å². The first kappa shape index (κ1) is 13.1. The number of aromatic nitrogens is 1. The number of thioether (sulfide) groups is 1. The largest absolute Gasteiger partial charge is 0.271 e. The molecule has 0 spiro atoms. The van der Waals surface area contributed by atoms with Gasteiger partial charge in [-0.25, -0.2) is 0 Å². The zero-order valence-electron chi connectivity index (χ0n) is 10.6. The van der Waals surface area contributed by atoms with Gasteiger partial charge in [-0.15, -0.1) is 11.3 Å². The molecule has 0 amide bonds. The van der Waals surface area contributed by atoms with Gasteiger partial charge in [0, 0.05) is 33.8 Å². The molecule has 1 unspecified atom stereocenters. The molecule has 5 heteroatoms. The minimum atomic E-state index is 0.163. The maximum Gasteiger partial charge on any atom is 0.0608 e. The Balaban J connectivity index is 1.80. The predicted molar refractivity (Wildman–Crippen MR) is 82.2 cm³/mol. The Morgan fingerprint density at radius 1 is 1.42 bits per heavy atom. The summed E-state index contributed by atoms with van der Waals surface area (Å²) in [5, 5.41) is 0. The van der Waals surface area contributed by atoms with Crippen molar-refractivity contribution in [2.24, 2.45) is 5.84 Å². The van der Waals surface area contributed by atoms with Crippen molar-refractivity contribution < 1.29 is 0 Å². The topological polar surface area (TPSA) is 50.9 Å². The summed E-state index contributed by atoms with van der Waals surface area (Å²) < 4.78 is 0. The Labute approximate surface area is 121 Å². The second-order valence-corrected chi connectivity index (χ2v) is 6.92. The molecule has 3 nitrogen and oxygen atoms in total. The number of hydrogen-bond acceptors (Lipinski definition) is 5. The van der Waals surface area contributed by atoms with Crippen LogP contribution in [0.3, 0.4) is 0 Å². The molecular formula is C14H17N3S2. The number of fused-ring (bicyclic) bond motifs is 1. The number of nitrogens with one attached hydrogen (secondary N) is 1. The van der Waals surface area contributed by atoms with Gasteiger partial charge in [0.05, 0.1) is 6.04 Å². The van der Waals surface area contributed by atoms with Crippen LogP contribution < -0.4 is 11.3 Å². The van der Waals surface area contributed by atoms with Crippen molar-refractivity contribution in [3.05, 3.63) is 51.5 Å². The van der Waals surface area contributed by atoms with Gasteiger partial charge in [0.15, 0.2) is 0 Å². The lowest BCUT2D eigenvalue weighted by Gasteiger charge is -2.13. The number of hydrazine groups is 1. The van der Waals surface area contributed by atoms with Gasteiger partial charge in [-0.05, 0) is 35.9 Å². The third-order valence-corrected chi connectivity index (χ3v) is 5.69. The van der Waals surface area contributed by atoms with Crippen molar-refractivity contribution >= 4 is 23.1 Å². The van der Waals surface area contributed by atoms with Crippen LogP contribution in [0.4, 0.5) is 0 Å². The zero-order chi connectivity index (χ0) is 13.1. The van der Waals surface area contributed by atoms with E-state index in [1.54, 1.807) is 0 Å². The minimum absolute atomic E-state index is 0.163. The molecule has 100 valence electrons. The third kappa shape index (κ3) is 3.00. The average molecular weight is 291 g/mol. The first-order chi connectivity index (χ1) is 9.36. The fourth-order valence-corrected chi connectivity index (χ4v) is 4.75. The molecule has 0 aromatic carbocycles. The summed E-state index contributed by atoms with van der Waals surface area (Å²) >= 11 is 3.92. The molecule has 2 aromatic heterocycles. The molecule has 0 saturated heterocycles. The van der Waals surface area contributed by atoms with E-state index in [-0.39, 0.29) is 6.04 Å². The molecule has 1 atom stereocenters. The molecule has 3 N–H and O–H groups in total. The van der Waals surface area contributed by atoms with E-state index in [1.165, 1.54) is 27.5 Å². The molecule has 19 heavy (non-hydrogen) atoms. The summed E-state index contributed by atoms with van der Waals surface area (Å²) in [7, 11) is 0. The van der Waals surface area contributed by atoms with Crippen molar-refractivity contribution in [2.45, 2.75) is 24.6 Å². The molecule has 1 aliphatic heterocycles. The number of nitrogens with zero attached hydrogens (tertiary/aromatic N) is 1. The molecule has 0 aliphatic carbocycles. The van der Waals surface area contributed by atoms with E-state index >= 15 is 0 Å². The summed E-state index contributed by atoms with van der Waals surface area (Å²) in [6.45, 7) is 0. The highest BCUT2D eigenvalue weighted by Crippen LogP contribution is 2.35. The Morgan fingerprint density at radius 2 is 2.37 bits per heavy atom. The Bertz CT molecular complexity index is 515. The lowest BCUT2D eigenvalue weighted by Crippen LogP contribution is -2.29. The van der Waals surface area contributed by atoms with Gasteiger partial charge in [-0.1, -0.05) is 6.07 Å². The highest BCUT2D eigenvalue weighted by Gasteiger charge is 2.19. The van der Waals surface area contributed by atoms with Gasteiger partial charge in [0.25, 0.3) is 0 Å². The normalized spacial score (nSPS) is 16.1. The molecule has 3 rings (SSSR count). The van der Waals surface area contributed by atoms with E-state index < -0.39 is 0 Å². The van der Waals surface area contributed by atoms with Gasteiger partial charge in [0.2, 0.25) is 0 Å². The molecule has 0 fully saturated rings. The van der Waals surface area contributed by atoms with Crippen LogP contribution in [-0.4, -0.2) is 10.7 Å². The third-order valence-electron chi connectivity index (χ3n) is 3.33. The number of aryl methyl sites for hydroxylation is 1. The van der Waals surface area contributed by atoms with Crippen LogP contribution in [0, 0.1) is 0 Å². The lowest BCUT2D eigenvalue weighted by molar-refractivity contribution is 0.554. The van der Waals surface area contributed by atoms with Crippen LogP contribution >= 0.6 is 23.1 Å². The summed E-state index contributed by atoms with van der Waals surface area (Å²) in [4.78, 5) is 7.25. The fourth-order valence-electron chi connectivity index (χ4n) is 2.31. The number of hydrogen-bond donors (Lipinski definition) is 2. The maximum atomic E-state index is 5.73. The van der Waals surface area contributed by atoms with Crippen molar-refractivity contribution in [3.8, 4) is 0 Å². The summed E-state index contributed by atoms with van der Waals surface area (Å²) in [5.74, 6) is 8.12. The van der Waals surface area contributed by atoms with E-state index in [0.29, 0.717) is 0 Å². The van der Waals surface area contributed by atoms with Gasteiger partial charge in [0.1, 0.15) is 0 Å². The summed E-state index contributed by atoms with van der Waals surface area (Å²) in [5.41, 5.74) is 5.51. The monoisotopic (exact) mass is 291 g/mol. The smallest absolute Gasteiger partial charge is 0.0608 e. The zero-order valence-corrected chi connectivity index (χ0v) is 12.3. The molecular weight excluding hydrogens is 274 g/mol. The second kappa shape index (κ2) is 6.05. The van der Waals surface area contributed by atoms with Gasteiger partial charge >= 0.3 is 0 Å². The Kier molecular flexibility index (Phi) is 4.18. The SMILES string of the molecule is NNC(Cc1ccccn1)c1cc2c(s1)CCSC2. The highest BCUT2D eigenvalue weighted by atomic mass is 32.2. The number of pyridine rings is 1. The van der Waals surface area contributed by atoms with Gasteiger partial charge in [-0.2, -0.15) is 11.8 Å². The predicted octanol–water partition coefficient (Wildman–Crippen LogP) is 2.68. The van der Waals surface area contributed by atoms with Crippen LogP contribution in [0.5, 0.6) is 0 Å². The van der Waals surface area contributed by atoms with E-state index in [2.05, 4.69) is 16.5 Å². The molecule has 0 radical (unpaired) electrons. The van der Waals surface area contributed by atoms with E-state index in [1.807, 2.05) is 47.5 Å². The maximum absolute atomic E-state index is 5.73. The lowest BCUT2D eigenvalue weighted by atomic mass is 10.1. The van der Waals surface area contributed by atoms with E-state index in [0.717, 1.165) is 17.9 Å². The Hall–Kier alpha value is -0.880. The van der Waals surface area contributed by atoms with Crippen molar-refractivity contribution in [2.75, 3.05) is 5.75 Å². The van der Waals surface area contributed by atoms with E-state index in [9.17, 15) is 0 Å². The van der Waals surface area contributed by atoms with E-state index in [4.69, 9.17) is 5.84 Å². The van der Waals surface area contributed by atoms with Crippen molar-refractivity contribution in [1.82, 2.24) is 10.4 Å². The quantitative estimate of drug-likeness (QED) is 0.672. The fraction of sp³-hybridized carbons (Fsp3) is 0.357. The summed E-state index contributed by atoms with van der Waals surface area (Å²) in [6, 6.07) is 8.49. The standard InChI is InChI=1S/C14H17N3S2/c15-17-12(8-11-3-1-2-5-16-11)14-7-10-9-18-6-4-13(10)19-14/h1-3,5,7,12,17H,4,6,8-9,15H2. The van der Waals surface area contributed by atoms with Crippen LogP contribution in [0.2, 0.25) is 0 Å². The minimum Gasteiger partial charge on any atom is -0.271 e. The number of nitrogens with two attached hydrogens (primary N) is 1. The molecule has 0 saturated carbocycles. The van der Waals surface area contributed by atoms with Gasteiger partial charge in [-0.3, -0.25) is 16.3 Å². The van der Waals surface area contributed by atoms with Crippen LogP contribution in [0.1, 0.15) is 27.1 Å². The van der Waals surface area contributed by atoms with Crippen molar-refractivity contribution in [3.63, 3.8) is 0 Å². The summed E-state index contributed by atoms with van der Waals surface area (Å²) in [6.07, 6.45) is 3.87. The van der Waals surface area contributed by atoms with Crippen LogP contribution in [0.25, 0.3) is 0 Å². The average Bonchev–Trinajstić information content (AvgIpc) is 2.89. The molecule has 1 aliphatic rings. The number of rotatable bonds is 4. The molecule has 2 aromatic rings. The molecule has 3 heterocycles. The molecule has 0 bridgehead atoms. The van der Waals surface area contributed by atoms with Crippen molar-refractivity contribution in [1.29, 1.82) is 0 Å². The first-order valence-corrected chi connectivity index (χ1v) is 8.39. The highest BCUT2D eigenvalue weighted by molar-refractivity contribution is 7.98. The van der Waals surface area contributed by atoms with Crippen LogP contribution in [0.15, 0.2) is 30.5 Å². The number of thiophene rings is 1. The van der Waals surface area contributed by atoms with Gasteiger partial charge < -0.3 is 0 Å².